The summed E-state index contributed by atoms with van der Waals surface area (Å²) in [6, 6.07) is 15.1. The number of benzene rings is 3. The van der Waals surface area contributed by atoms with Crippen LogP contribution in [-0.4, -0.2) is 22.1 Å². The quantitative estimate of drug-likeness (QED) is 0.188. The number of thiazole rings is 1. The molecule has 35 heavy (non-hydrogen) atoms. The summed E-state index contributed by atoms with van der Waals surface area (Å²) in [5.41, 5.74) is 1.54. The SMILES string of the molecule is CCOC(=O)Cn1c(C)c(-c2nc3c(F)c(F)cc(F)c3s2)c2cc(Oc3ccccc3)ccc21. The number of aromatic nitrogens is 2. The van der Waals surface area contributed by atoms with E-state index in [1.807, 2.05) is 30.3 Å². The monoisotopic (exact) mass is 496 g/mol. The van der Waals surface area contributed by atoms with Gasteiger partial charge < -0.3 is 14.0 Å². The van der Waals surface area contributed by atoms with E-state index in [2.05, 4.69) is 4.98 Å². The van der Waals surface area contributed by atoms with E-state index in [1.165, 1.54) is 0 Å². The zero-order chi connectivity index (χ0) is 24.7. The van der Waals surface area contributed by atoms with Gasteiger partial charge in [0.15, 0.2) is 11.6 Å². The molecule has 0 saturated heterocycles. The summed E-state index contributed by atoms with van der Waals surface area (Å²) in [6.07, 6.45) is 0. The smallest absolute Gasteiger partial charge is 0.325 e. The molecule has 0 bridgehead atoms. The highest BCUT2D eigenvalue weighted by Crippen LogP contribution is 2.41. The molecule has 2 heterocycles. The number of rotatable bonds is 6. The van der Waals surface area contributed by atoms with Crippen molar-refractivity contribution in [2.24, 2.45) is 0 Å². The minimum Gasteiger partial charge on any atom is -0.465 e. The van der Waals surface area contributed by atoms with Gasteiger partial charge in [-0.25, -0.2) is 18.2 Å². The largest absolute Gasteiger partial charge is 0.465 e. The van der Waals surface area contributed by atoms with Crippen LogP contribution in [0.2, 0.25) is 0 Å². The lowest BCUT2D eigenvalue weighted by Gasteiger charge is -2.09. The van der Waals surface area contributed by atoms with Crippen LogP contribution in [0.5, 0.6) is 11.5 Å². The van der Waals surface area contributed by atoms with Gasteiger partial charge in [0, 0.05) is 28.2 Å². The van der Waals surface area contributed by atoms with Crippen molar-refractivity contribution in [2.45, 2.75) is 20.4 Å². The number of hydrogen-bond donors (Lipinski definition) is 0. The molecule has 0 radical (unpaired) electrons. The van der Waals surface area contributed by atoms with Gasteiger partial charge in [0.25, 0.3) is 0 Å². The standard InChI is InChI=1S/C26H19F3N2O3S/c1-3-33-21(32)13-31-14(2)22(26-30-24-23(29)18(27)12-19(28)25(24)35-26)17-11-16(9-10-20(17)31)34-15-7-5-4-6-8-15/h4-12H,3,13H2,1-2H3. The van der Waals surface area contributed by atoms with E-state index in [1.54, 1.807) is 36.6 Å². The normalized spacial score (nSPS) is 11.3. The van der Waals surface area contributed by atoms with Crippen LogP contribution in [0.1, 0.15) is 12.6 Å². The highest BCUT2D eigenvalue weighted by atomic mass is 32.1. The summed E-state index contributed by atoms with van der Waals surface area (Å²) in [5, 5.41) is 0.964. The van der Waals surface area contributed by atoms with Gasteiger partial charge in [-0.05, 0) is 44.2 Å². The van der Waals surface area contributed by atoms with Crippen molar-refractivity contribution in [1.29, 1.82) is 0 Å². The fraction of sp³-hybridized carbons (Fsp3) is 0.154. The van der Waals surface area contributed by atoms with Crippen LogP contribution in [0.4, 0.5) is 13.2 Å². The molecule has 0 saturated carbocycles. The third-order valence-electron chi connectivity index (χ3n) is 5.60. The molecule has 2 aromatic heterocycles. The van der Waals surface area contributed by atoms with E-state index in [-0.39, 0.29) is 23.4 Å². The van der Waals surface area contributed by atoms with Crippen LogP contribution in [0.25, 0.3) is 31.7 Å². The fourth-order valence-electron chi connectivity index (χ4n) is 4.05. The van der Waals surface area contributed by atoms with E-state index >= 15 is 0 Å². The second-order valence-corrected chi connectivity index (χ2v) is 8.80. The summed E-state index contributed by atoms with van der Waals surface area (Å²) < 4.78 is 55.4. The Morgan fingerprint density at radius 2 is 1.80 bits per heavy atom. The first-order chi connectivity index (χ1) is 16.9. The van der Waals surface area contributed by atoms with Crippen LogP contribution >= 0.6 is 11.3 Å². The maximum Gasteiger partial charge on any atom is 0.325 e. The summed E-state index contributed by atoms with van der Waals surface area (Å²) in [4.78, 5) is 16.6. The number of halogens is 3. The maximum atomic E-state index is 14.4. The Labute approximate surface area is 202 Å². The lowest BCUT2D eigenvalue weighted by Crippen LogP contribution is -2.14. The summed E-state index contributed by atoms with van der Waals surface area (Å²) in [7, 11) is 0. The van der Waals surface area contributed by atoms with Crippen molar-refractivity contribution in [3.8, 4) is 22.1 Å². The molecular weight excluding hydrogens is 477 g/mol. The zero-order valence-corrected chi connectivity index (χ0v) is 19.6. The van der Waals surface area contributed by atoms with Crippen LogP contribution in [0.3, 0.4) is 0 Å². The molecule has 9 heteroatoms. The third-order valence-corrected chi connectivity index (χ3v) is 6.68. The highest BCUT2D eigenvalue weighted by molar-refractivity contribution is 7.21. The Morgan fingerprint density at radius 3 is 2.54 bits per heavy atom. The molecule has 0 aliphatic carbocycles. The van der Waals surface area contributed by atoms with Crippen molar-refractivity contribution in [1.82, 2.24) is 9.55 Å². The van der Waals surface area contributed by atoms with E-state index in [0.717, 1.165) is 11.3 Å². The maximum absolute atomic E-state index is 14.4. The fourth-order valence-corrected chi connectivity index (χ4v) is 5.13. The Balaban J connectivity index is 1.71. The van der Waals surface area contributed by atoms with Gasteiger partial charge in [0.05, 0.1) is 11.3 Å². The average molecular weight is 497 g/mol. The van der Waals surface area contributed by atoms with Crippen molar-refractivity contribution >= 4 is 38.4 Å². The second kappa shape index (κ2) is 9.07. The van der Waals surface area contributed by atoms with Gasteiger partial charge >= 0.3 is 5.97 Å². The molecule has 0 spiro atoms. The number of nitrogens with zero attached hydrogens (tertiary/aromatic N) is 2. The predicted octanol–water partition coefficient (Wildman–Crippen LogP) is 7.00. The van der Waals surface area contributed by atoms with Gasteiger partial charge in [-0.3, -0.25) is 4.79 Å². The van der Waals surface area contributed by atoms with Gasteiger partial charge in [-0.15, -0.1) is 11.3 Å². The van der Waals surface area contributed by atoms with Crippen LogP contribution < -0.4 is 4.74 Å². The van der Waals surface area contributed by atoms with Crippen LogP contribution in [0, 0.1) is 24.4 Å². The zero-order valence-electron chi connectivity index (χ0n) is 18.8. The molecule has 0 N–H and O–H groups in total. The van der Waals surface area contributed by atoms with E-state index in [9.17, 15) is 18.0 Å². The number of carbonyl (C=O) groups is 1. The highest BCUT2D eigenvalue weighted by Gasteiger charge is 2.24. The number of fused-ring (bicyclic) bond motifs is 2. The molecule has 5 aromatic rings. The van der Waals surface area contributed by atoms with Crippen molar-refractivity contribution in [2.75, 3.05) is 6.61 Å². The first-order valence-corrected chi connectivity index (χ1v) is 11.6. The van der Waals surface area contributed by atoms with E-state index in [4.69, 9.17) is 9.47 Å². The van der Waals surface area contributed by atoms with Gasteiger partial charge in [0.2, 0.25) is 0 Å². The van der Waals surface area contributed by atoms with Gasteiger partial charge in [-0.1, -0.05) is 18.2 Å². The Bertz CT molecular complexity index is 1580. The third kappa shape index (κ3) is 4.12. The molecule has 5 rings (SSSR count). The molecule has 0 unspecified atom stereocenters. The lowest BCUT2D eigenvalue weighted by atomic mass is 10.1. The number of para-hydroxylation sites is 1. The molecule has 0 aliphatic rings. The minimum atomic E-state index is -1.30. The minimum absolute atomic E-state index is 0.0582. The first-order valence-electron chi connectivity index (χ1n) is 10.8. The number of esters is 1. The first kappa shape index (κ1) is 22.9. The number of ether oxygens (including phenoxy) is 2. The molecular formula is C26H19F3N2O3S. The molecule has 0 fully saturated rings. The lowest BCUT2D eigenvalue weighted by molar-refractivity contribution is -0.143. The molecule has 178 valence electrons. The Morgan fingerprint density at radius 1 is 1.03 bits per heavy atom. The van der Waals surface area contributed by atoms with Crippen LogP contribution in [-0.2, 0) is 16.1 Å². The molecule has 5 nitrogen and oxygen atoms in total. The molecule has 3 aromatic carbocycles. The van der Waals surface area contributed by atoms with E-state index < -0.39 is 23.4 Å². The van der Waals surface area contributed by atoms with Crippen molar-refractivity contribution < 1.29 is 27.4 Å². The van der Waals surface area contributed by atoms with Crippen LogP contribution in [0.15, 0.2) is 54.6 Å². The second-order valence-electron chi connectivity index (χ2n) is 7.80. The van der Waals surface area contributed by atoms with Crippen molar-refractivity contribution in [3.05, 3.63) is 77.7 Å². The van der Waals surface area contributed by atoms with Gasteiger partial charge in [0.1, 0.15) is 34.4 Å². The molecule has 0 aliphatic heterocycles. The number of hydrogen-bond acceptors (Lipinski definition) is 5. The molecule has 0 atom stereocenters. The van der Waals surface area contributed by atoms with Gasteiger partial charge in [-0.2, -0.15) is 0 Å². The summed E-state index contributed by atoms with van der Waals surface area (Å²) in [5.74, 6) is -2.65. The van der Waals surface area contributed by atoms with E-state index in [0.29, 0.717) is 44.7 Å². The summed E-state index contributed by atoms with van der Waals surface area (Å²) >= 11 is 0.918. The predicted molar refractivity (Wildman–Crippen MR) is 128 cm³/mol. The van der Waals surface area contributed by atoms with Crippen molar-refractivity contribution in [3.63, 3.8) is 0 Å². The molecule has 0 amide bonds. The summed E-state index contributed by atoms with van der Waals surface area (Å²) in [6.45, 7) is 3.68. The Kier molecular flexibility index (Phi) is 5.94. The number of carbonyl (C=O) groups excluding carboxylic acids is 1. The average Bonchev–Trinajstić information content (AvgIpc) is 3.38. The topological polar surface area (TPSA) is 53.4 Å². The Hall–Kier alpha value is -3.85.